The lowest BCUT2D eigenvalue weighted by atomic mass is 10.1. The number of nitrogens with two attached hydrogens (primary N) is 1. The lowest BCUT2D eigenvalue weighted by molar-refractivity contribution is -0.0370. The molecule has 1 aliphatic rings. The van der Waals surface area contributed by atoms with Crippen LogP contribution in [0.5, 0.6) is 5.75 Å². The molecule has 0 amide bonds. The van der Waals surface area contributed by atoms with Crippen LogP contribution in [0.4, 0.5) is 5.95 Å². The van der Waals surface area contributed by atoms with Crippen LogP contribution in [0.2, 0.25) is 0 Å². The Kier molecular flexibility index (Phi) is 3.92. The van der Waals surface area contributed by atoms with E-state index in [4.69, 9.17) is 10.5 Å². The van der Waals surface area contributed by atoms with Gasteiger partial charge in [0, 0.05) is 17.9 Å². The highest BCUT2D eigenvalue weighted by atomic mass is 31.1. The second-order valence-electron chi connectivity index (χ2n) is 5.08. The highest BCUT2D eigenvalue weighted by molar-refractivity contribution is 7.24. The van der Waals surface area contributed by atoms with Crippen LogP contribution in [0, 0.1) is 0 Å². The molecule has 1 saturated heterocycles. The maximum atomic E-state index is 10.8. The van der Waals surface area contributed by atoms with Crippen LogP contribution in [0.1, 0.15) is 18.2 Å². The molecule has 2 aromatic rings. The normalized spacial score (nSPS) is 26.5. The van der Waals surface area contributed by atoms with Crippen LogP contribution in [-0.4, -0.2) is 43.3 Å². The van der Waals surface area contributed by atoms with E-state index in [0.717, 1.165) is 0 Å². The third-order valence-electron chi connectivity index (χ3n) is 3.59. The Bertz CT molecular complexity index is 723. The molecule has 22 heavy (non-hydrogen) atoms. The number of nitrogens with zero attached hydrogens (tertiary/aromatic N) is 2. The van der Waals surface area contributed by atoms with Gasteiger partial charge in [-0.1, -0.05) is 0 Å². The number of ether oxygens (including phenoxy) is 1. The van der Waals surface area contributed by atoms with Gasteiger partial charge in [-0.15, -0.1) is 0 Å². The van der Waals surface area contributed by atoms with Crippen molar-refractivity contribution in [3.8, 4) is 5.75 Å². The van der Waals surface area contributed by atoms with Crippen LogP contribution < -0.4 is 5.73 Å². The number of aromatic nitrogens is 2. The van der Waals surface area contributed by atoms with E-state index in [-0.39, 0.29) is 18.1 Å². The van der Waals surface area contributed by atoms with Gasteiger partial charge in [0.15, 0.2) is 14.3 Å². The molecule has 0 aliphatic carbocycles. The fourth-order valence-electron chi connectivity index (χ4n) is 2.60. The smallest absolute Gasteiger partial charge is 0.220 e. The standard InChI is InChI=1S/C13H14N3O5P/c14-13-15-7-3-5(17)1-2-6(7)10(16-13)9-4-8(18)11(21-9)12(19)22-20/h1-3,8-9,11-12,17-19H,4H2,(H2,14,15,16)/t8-,9+,11-,12?/m0/s1. The van der Waals surface area contributed by atoms with Crippen LogP contribution in [-0.2, 0) is 9.30 Å². The van der Waals surface area contributed by atoms with Gasteiger partial charge in [-0.25, -0.2) is 9.97 Å². The summed E-state index contributed by atoms with van der Waals surface area (Å²) in [4.78, 5) is 8.20. The number of aliphatic hydroxyl groups is 2. The summed E-state index contributed by atoms with van der Waals surface area (Å²) in [6, 6.07) is 4.56. The number of fused-ring (bicyclic) bond motifs is 1. The Morgan fingerprint density at radius 2 is 2.18 bits per heavy atom. The first-order valence-corrected chi connectivity index (χ1v) is 7.48. The Balaban J connectivity index is 2.02. The summed E-state index contributed by atoms with van der Waals surface area (Å²) in [6.07, 6.45) is -2.37. The summed E-state index contributed by atoms with van der Waals surface area (Å²) in [7, 11) is -0.516. The van der Waals surface area contributed by atoms with Crippen molar-refractivity contribution in [2.75, 3.05) is 5.73 Å². The van der Waals surface area contributed by atoms with Gasteiger partial charge in [-0.2, -0.15) is 0 Å². The van der Waals surface area contributed by atoms with E-state index in [1.54, 1.807) is 6.07 Å². The molecule has 0 bridgehead atoms. The molecule has 8 nitrogen and oxygen atoms in total. The first-order valence-electron chi connectivity index (χ1n) is 6.60. The number of hydrogen-bond donors (Lipinski definition) is 4. The van der Waals surface area contributed by atoms with Crippen molar-refractivity contribution >= 4 is 25.3 Å². The number of aromatic hydroxyl groups is 1. The van der Waals surface area contributed by atoms with E-state index < -0.39 is 32.6 Å². The first kappa shape index (κ1) is 15.1. The maximum absolute atomic E-state index is 10.8. The van der Waals surface area contributed by atoms with Crippen molar-refractivity contribution in [2.24, 2.45) is 0 Å². The topological polar surface area (TPSA) is 139 Å². The Hall–Kier alpha value is -1.86. The van der Waals surface area contributed by atoms with Crippen molar-refractivity contribution in [2.45, 2.75) is 30.6 Å². The van der Waals surface area contributed by atoms with Crippen LogP contribution >= 0.6 is 8.46 Å². The van der Waals surface area contributed by atoms with E-state index in [1.165, 1.54) is 12.1 Å². The zero-order valence-electron chi connectivity index (χ0n) is 11.3. The summed E-state index contributed by atoms with van der Waals surface area (Å²) in [5.41, 5.74) is 6.58. The number of phenols is 1. The Labute approximate surface area is 126 Å². The molecular formula is C13H14N3O5P. The van der Waals surface area contributed by atoms with E-state index in [1.807, 2.05) is 0 Å². The molecule has 2 heterocycles. The minimum absolute atomic E-state index is 0.0112. The number of hydrogen-bond acceptors (Lipinski definition) is 8. The molecule has 9 heteroatoms. The summed E-state index contributed by atoms with van der Waals surface area (Å²) in [6.45, 7) is 0. The molecule has 0 spiro atoms. The number of benzene rings is 1. The summed E-state index contributed by atoms with van der Waals surface area (Å²) in [5.74, 6) is -1.26. The molecule has 1 fully saturated rings. The monoisotopic (exact) mass is 323 g/mol. The van der Waals surface area contributed by atoms with Crippen molar-refractivity contribution in [3.63, 3.8) is 0 Å². The summed E-state index contributed by atoms with van der Waals surface area (Å²) < 4.78 is 16.4. The zero-order valence-corrected chi connectivity index (χ0v) is 12.2. The van der Waals surface area contributed by atoms with Crippen molar-refractivity contribution in [1.82, 2.24) is 9.97 Å². The fourth-order valence-corrected chi connectivity index (χ4v) is 2.99. The fraction of sp³-hybridized carbons (Fsp3) is 0.385. The van der Waals surface area contributed by atoms with Crippen LogP contribution in [0.3, 0.4) is 0 Å². The van der Waals surface area contributed by atoms with E-state index in [2.05, 4.69) is 9.97 Å². The largest absolute Gasteiger partial charge is 0.508 e. The van der Waals surface area contributed by atoms with Gasteiger partial charge in [0.25, 0.3) is 0 Å². The SMILES string of the molecule is Nc1nc([C@H]2C[C@H](O)[C@@H](C(O)P=O)O2)c2ccc(O)cc2n1. The number of nitrogen functional groups attached to an aromatic ring is 1. The third kappa shape index (κ3) is 2.62. The van der Waals surface area contributed by atoms with E-state index >= 15 is 0 Å². The third-order valence-corrected chi connectivity index (χ3v) is 4.10. The number of rotatable bonds is 3. The van der Waals surface area contributed by atoms with Gasteiger partial charge < -0.3 is 25.8 Å². The second-order valence-corrected chi connectivity index (χ2v) is 5.82. The average Bonchev–Trinajstić information content (AvgIpc) is 2.87. The average molecular weight is 323 g/mol. The molecular weight excluding hydrogens is 309 g/mol. The lowest BCUT2D eigenvalue weighted by Gasteiger charge is -2.16. The van der Waals surface area contributed by atoms with Crippen LogP contribution in [0.15, 0.2) is 18.2 Å². The van der Waals surface area contributed by atoms with E-state index in [9.17, 15) is 19.9 Å². The molecule has 1 aromatic carbocycles. The molecule has 5 N–H and O–H groups in total. The minimum Gasteiger partial charge on any atom is -0.508 e. The molecule has 1 unspecified atom stereocenters. The quantitative estimate of drug-likeness (QED) is 0.606. The van der Waals surface area contributed by atoms with Gasteiger partial charge in [0.2, 0.25) is 5.95 Å². The highest BCUT2D eigenvalue weighted by Crippen LogP contribution is 2.38. The number of aliphatic hydroxyl groups excluding tert-OH is 2. The van der Waals surface area contributed by atoms with Gasteiger partial charge in [0.05, 0.1) is 17.3 Å². The van der Waals surface area contributed by atoms with Gasteiger partial charge in [-0.3, -0.25) is 4.57 Å². The molecule has 1 aliphatic heterocycles. The first-order chi connectivity index (χ1) is 10.5. The second kappa shape index (κ2) is 5.73. The molecule has 4 atom stereocenters. The molecule has 3 rings (SSSR count). The molecule has 0 radical (unpaired) electrons. The molecule has 116 valence electrons. The van der Waals surface area contributed by atoms with Crippen molar-refractivity contribution < 1.29 is 24.6 Å². The molecule has 0 saturated carbocycles. The minimum atomic E-state index is -1.31. The summed E-state index contributed by atoms with van der Waals surface area (Å²) in [5, 5.41) is 29.7. The van der Waals surface area contributed by atoms with Crippen LogP contribution in [0.25, 0.3) is 10.9 Å². The number of phenolic OH excluding ortho intramolecular Hbond substituents is 1. The Morgan fingerprint density at radius 1 is 1.41 bits per heavy atom. The number of anilines is 1. The predicted octanol–water partition coefficient (Wildman–Crippen LogP) is 0.719. The zero-order chi connectivity index (χ0) is 15.9. The van der Waals surface area contributed by atoms with E-state index in [0.29, 0.717) is 16.6 Å². The lowest BCUT2D eigenvalue weighted by Crippen LogP contribution is -2.30. The highest BCUT2D eigenvalue weighted by Gasteiger charge is 2.40. The van der Waals surface area contributed by atoms with Crippen molar-refractivity contribution in [3.05, 3.63) is 23.9 Å². The van der Waals surface area contributed by atoms with Gasteiger partial charge in [-0.05, 0) is 12.1 Å². The van der Waals surface area contributed by atoms with Gasteiger partial charge in [0.1, 0.15) is 18.0 Å². The maximum Gasteiger partial charge on any atom is 0.220 e. The van der Waals surface area contributed by atoms with Crippen molar-refractivity contribution in [1.29, 1.82) is 0 Å². The predicted molar refractivity (Wildman–Crippen MR) is 77.5 cm³/mol. The Morgan fingerprint density at radius 3 is 2.91 bits per heavy atom. The molecule has 1 aromatic heterocycles. The summed E-state index contributed by atoms with van der Waals surface area (Å²) >= 11 is 0. The van der Waals surface area contributed by atoms with Gasteiger partial charge >= 0.3 is 0 Å².